The van der Waals surface area contributed by atoms with Crippen molar-refractivity contribution in [2.45, 2.75) is 51.2 Å². The standard InChI is InChI=1S/C12H16F6O3/c1-5-8(21-9(19)6(2)3)7(4)10(20,11(13,14)15)12(16,17)18/h7-8,20H,2,5H2,1,3-4H3. The van der Waals surface area contributed by atoms with Crippen LogP contribution in [-0.2, 0) is 9.53 Å². The molecule has 0 aliphatic carbocycles. The third-order valence-corrected chi connectivity index (χ3v) is 3.09. The van der Waals surface area contributed by atoms with Gasteiger partial charge in [0.05, 0.1) is 0 Å². The molecule has 1 N–H and O–H groups in total. The van der Waals surface area contributed by atoms with Crippen LogP contribution >= 0.6 is 0 Å². The highest BCUT2D eigenvalue weighted by Gasteiger charge is 2.74. The summed E-state index contributed by atoms with van der Waals surface area (Å²) in [5.41, 5.74) is -5.15. The second kappa shape index (κ2) is 6.25. The Kier molecular flexibility index (Phi) is 5.88. The third kappa shape index (κ3) is 3.90. The Bertz CT molecular complexity index is 385. The topological polar surface area (TPSA) is 46.5 Å². The Hall–Kier alpha value is -1.25. The van der Waals surface area contributed by atoms with Crippen LogP contribution in [0.5, 0.6) is 0 Å². The Balaban J connectivity index is 5.62. The molecule has 2 atom stereocenters. The zero-order chi connectivity index (χ0) is 17.2. The van der Waals surface area contributed by atoms with Crippen molar-refractivity contribution in [1.29, 1.82) is 0 Å². The average molecular weight is 322 g/mol. The first-order valence-corrected chi connectivity index (χ1v) is 5.92. The summed E-state index contributed by atoms with van der Waals surface area (Å²) < 4.78 is 80.9. The van der Waals surface area contributed by atoms with Gasteiger partial charge in [0, 0.05) is 11.5 Å². The van der Waals surface area contributed by atoms with Gasteiger partial charge in [0.2, 0.25) is 0 Å². The number of ether oxygens (including phenoxy) is 1. The highest BCUT2D eigenvalue weighted by atomic mass is 19.4. The number of hydrogen-bond acceptors (Lipinski definition) is 3. The lowest BCUT2D eigenvalue weighted by Crippen LogP contribution is -2.63. The molecule has 0 saturated carbocycles. The molecule has 0 amide bonds. The number of carbonyl (C=O) groups is 1. The van der Waals surface area contributed by atoms with Crippen LogP contribution in [0.3, 0.4) is 0 Å². The number of halogens is 6. The van der Waals surface area contributed by atoms with E-state index in [2.05, 4.69) is 11.3 Å². The predicted octanol–water partition coefficient (Wildman–Crippen LogP) is 3.38. The fourth-order valence-corrected chi connectivity index (χ4v) is 1.72. The molecule has 0 radical (unpaired) electrons. The first kappa shape index (κ1) is 19.8. The third-order valence-electron chi connectivity index (χ3n) is 3.09. The van der Waals surface area contributed by atoms with Crippen molar-refractivity contribution in [3.8, 4) is 0 Å². The molecule has 0 aliphatic rings. The van der Waals surface area contributed by atoms with Crippen LogP contribution in [-0.4, -0.2) is 35.1 Å². The monoisotopic (exact) mass is 322 g/mol. The summed E-state index contributed by atoms with van der Waals surface area (Å²) in [4.78, 5) is 11.3. The second-order valence-corrected chi connectivity index (χ2v) is 4.68. The normalized spacial score (nSPS) is 16.3. The molecule has 0 aliphatic heterocycles. The molecule has 2 unspecified atom stereocenters. The smallest absolute Gasteiger partial charge is 0.426 e. The van der Waals surface area contributed by atoms with Gasteiger partial charge in [-0.05, 0) is 13.3 Å². The summed E-state index contributed by atoms with van der Waals surface area (Å²) in [5.74, 6) is -3.56. The molecule has 0 aromatic heterocycles. The molecule has 3 nitrogen and oxygen atoms in total. The zero-order valence-corrected chi connectivity index (χ0v) is 11.6. The van der Waals surface area contributed by atoms with Crippen molar-refractivity contribution in [2.75, 3.05) is 0 Å². The molecule has 0 rings (SSSR count). The Morgan fingerprint density at radius 2 is 1.57 bits per heavy atom. The van der Waals surface area contributed by atoms with Crippen LogP contribution in [0.2, 0.25) is 0 Å². The largest absolute Gasteiger partial charge is 0.459 e. The van der Waals surface area contributed by atoms with E-state index >= 15 is 0 Å². The lowest BCUT2D eigenvalue weighted by atomic mass is 9.82. The molecular formula is C12H16F6O3. The van der Waals surface area contributed by atoms with Gasteiger partial charge < -0.3 is 9.84 Å². The summed E-state index contributed by atoms with van der Waals surface area (Å²) in [6, 6.07) is 0. The van der Waals surface area contributed by atoms with E-state index in [1.165, 1.54) is 13.8 Å². The summed E-state index contributed by atoms with van der Waals surface area (Å²) in [5, 5.41) is 9.24. The van der Waals surface area contributed by atoms with Gasteiger partial charge in [0.15, 0.2) is 0 Å². The van der Waals surface area contributed by atoms with Gasteiger partial charge in [0.1, 0.15) is 6.10 Å². The molecule has 9 heteroatoms. The van der Waals surface area contributed by atoms with Crippen LogP contribution in [0.15, 0.2) is 12.2 Å². The van der Waals surface area contributed by atoms with Crippen LogP contribution in [0.25, 0.3) is 0 Å². The molecular weight excluding hydrogens is 306 g/mol. The number of rotatable bonds is 5. The summed E-state index contributed by atoms with van der Waals surface area (Å²) in [6.07, 6.45) is -14.0. The maximum atomic E-state index is 12.7. The number of carbonyl (C=O) groups excluding carboxylic acids is 1. The van der Waals surface area contributed by atoms with Gasteiger partial charge in [-0.3, -0.25) is 0 Å². The minimum Gasteiger partial charge on any atom is -0.459 e. The molecule has 0 saturated heterocycles. The van der Waals surface area contributed by atoms with Crippen molar-refractivity contribution in [3.63, 3.8) is 0 Å². The van der Waals surface area contributed by atoms with E-state index in [-0.39, 0.29) is 12.0 Å². The number of aliphatic hydroxyl groups is 1. The van der Waals surface area contributed by atoms with Crippen molar-refractivity contribution in [3.05, 3.63) is 12.2 Å². The quantitative estimate of drug-likeness (QED) is 0.479. The van der Waals surface area contributed by atoms with Crippen LogP contribution in [0.4, 0.5) is 26.3 Å². The summed E-state index contributed by atoms with van der Waals surface area (Å²) in [6.45, 7) is 6.14. The van der Waals surface area contributed by atoms with Crippen molar-refractivity contribution >= 4 is 5.97 Å². The lowest BCUT2D eigenvalue weighted by Gasteiger charge is -2.39. The van der Waals surface area contributed by atoms with Gasteiger partial charge in [-0.2, -0.15) is 26.3 Å². The molecule has 21 heavy (non-hydrogen) atoms. The zero-order valence-electron chi connectivity index (χ0n) is 11.6. The first-order chi connectivity index (χ1) is 9.20. The first-order valence-electron chi connectivity index (χ1n) is 5.92. The van der Waals surface area contributed by atoms with E-state index in [0.717, 1.165) is 0 Å². The molecule has 0 heterocycles. The second-order valence-electron chi connectivity index (χ2n) is 4.68. The molecule has 0 aromatic rings. The molecule has 0 spiro atoms. The van der Waals surface area contributed by atoms with Gasteiger partial charge in [-0.1, -0.05) is 20.4 Å². The van der Waals surface area contributed by atoms with E-state index in [0.29, 0.717) is 6.92 Å². The number of esters is 1. The molecule has 0 bridgehead atoms. The SMILES string of the molecule is C=C(C)C(=O)OC(CC)C(C)C(O)(C(F)(F)F)C(F)(F)F. The predicted molar refractivity (Wildman–Crippen MR) is 61.2 cm³/mol. The van der Waals surface area contributed by atoms with Gasteiger partial charge in [0.25, 0.3) is 5.60 Å². The van der Waals surface area contributed by atoms with E-state index in [4.69, 9.17) is 0 Å². The Labute approximate surface area is 117 Å². The van der Waals surface area contributed by atoms with Gasteiger partial charge >= 0.3 is 18.3 Å². The summed E-state index contributed by atoms with van der Waals surface area (Å²) >= 11 is 0. The summed E-state index contributed by atoms with van der Waals surface area (Å²) in [7, 11) is 0. The molecule has 0 aromatic carbocycles. The lowest BCUT2D eigenvalue weighted by molar-refractivity contribution is -0.389. The maximum Gasteiger partial charge on any atom is 0.426 e. The van der Waals surface area contributed by atoms with Crippen molar-refractivity contribution in [2.24, 2.45) is 5.92 Å². The van der Waals surface area contributed by atoms with E-state index < -0.39 is 35.9 Å². The number of alkyl halides is 6. The van der Waals surface area contributed by atoms with E-state index in [9.17, 15) is 36.2 Å². The molecule has 124 valence electrons. The van der Waals surface area contributed by atoms with Crippen molar-refractivity contribution < 1.29 is 41.0 Å². The Morgan fingerprint density at radius 3 is 1.81 bits per heavy atom. The highest BCUT2D eigenvalue weighted by Crippen LogP contribution is 2.49. The van der Waals surface area contributed by atoms with E-state index in [1.807, 2.05) is 0 Å². The van der Waals surface area contributed by atoms with Crippen LogP contribution in [0.1, 0.15) is 27.2 Å². The fourth-order valence-electron chi connectivity index (χ4n) is 1.72. The fraction of sp³-hybridized carbons (Fsp3) is 0.750. The highest BCUT2D eigenvalue weighted by molar-refractivity contribution is 5.87. The number of hydrogen-bond donors (Lipinski definition) is 1. The van der Waals surface area contributed by atoms with Gasteiger partial charge in [-0.15, -0.1) is 0 Å². The van der Waals surface area contributed by atoms with Crippen molar-refractivity contribution in [1.82, 2.24) is 0 Å². The maximum absolute atomic E-state index is 12.7. The van der Waals surface area contributed by atoms with Crippen LogP contribution in [0, 0.1) is 5.92 Å². The van der Waals surface area contributed by atoms with E-state index in [1.54, 1.807) is 0 Å². The molecule has 0 fully saturated rings. The van der Waals surface area contributed by atoms with Gasteiger partial charge in [-0.25, -0.2) is 4.79 Å². The minimum atomic E-state index is -5.96. The van der Waals surface area contributed by atoms with Crippen LogP contribution < -0.4 is 0 Å². The minimum absolute atomic E-state index is 0.178. The average Bonchev–Trinajstić information content (AvgIpc) is 2.30. The Morgan fingerprint density at radius 1 is 1.19 bits per heavy atom.